The summed E-state index contributed by atoms with van der Waals surface area (Å²) in [5.41, 5.74) is 0.685. The monoisotopic (exact) mass is 361 g/mol. The maximum absolute atomic E-state index is 5.68. The van der Waals surface area contributed by atoms with E-state index < -0.39 is 0 Å². The van der Waals surface area contributed by atoms with Crippen molar-refractivity contribution in [3.05, 3.63) is 22.4 Å². The van der Waals surface area contributed by atoms with Crippen molar-refractivity contribution in [2.75, 3.05) is 39.9 Å². The molecule has 3 aliphatic rings. The van der Waals surface area contributed by atoms with Crippen LogP contribution in [0.3, 0.4) is 0 Å². The number of aliphatic imine (C=N–C) groups is 1. The average Bonchev–Trinajstić information content (AvgIpc) is 3.40. The Hall–Kier alpha value is -1.07. The summed E-state index contributed by atoms with van der Waals surface area (Å²) in [4.78, 5) is 8.63. The van der Waals surface area contributed by atoms with Crippen molar-refractivity contribution in [1.82, 2.24) is 10.2 Å². The third-order valence-corrected chi connectivity index (χ3v) is 7.69. The summed E-state index contributed by atoms with van der Waals surface area (Å²) < 4.78 is 5.68. The molecule has 1 atom stereocenters. The fourth-order valence-electron chi connectivity index (χ4n) is 4.99. The molecule has 1 aromatic heterocycles. The van der Waals surface area contributed by atoms with Crippen LogP contribution >= 0.6 is 11.3 Å². The Bertz CT molecular complexity index is 586. The van der Waals surface area contributed by atoms with Gasteiger partial charge in [0.2, 0.25) is 0 Å². The Kier molecular flexibility index (Phi) is 5.05. The second kappa shape index (κ2) is 7.28. The van der Waals surface area contributed by atoms with Crippen LogP contribution in [0.25, 0.3) is 0 Å². The Morgan fingerprint density at radius 1 is 1.28 bits per heavy atom. The van der Waals surface area contributed by atoms with Gasteiger partial charge < -0.3 is 15.0 Å². The number of rotatable bonds is 3. The molecule has 1 unspecified atom stereocenters. The lowest BCUT2D eigenvalue weighted by Crippen LogP contribution is -2.47. The van der Waals surface area contributed by atoms with E-state index in [0.29, 0.717) is 10.8 Å². The van der Waals surface area contributed by atoms with Crippen LogP contribution in [0.15, 0.2) is 22.5 Å². The molecule has 5 heteroatoms. The first-order valence-corrected chi connectivity index (χ1v) is 10.7. The SMILES string of the molecule is CN=C(NCC1(c2cccs2)CCCCC1)N1CCC2(CCOC2)C1. The lowest BCUT2D eigenvalue weighted by molar-refractivity contribution is 0.156. The molecule has 4 rings (SSSR count). The smallest absolute Gasteiger partial charge is 0.193 e. The summed E-state index contributed by atoms with van der Waals surface area (Å²) in [5.74, 6) is 1.09. The number of hydrogen-bond donors (Lipinski definition) is 1. The second-order valence-corrected chi connectivity index (χ2v) is 9.14. The first-order chi connectivity index (χ1) is 12.3. The van der Waals surface area contributed by atoms with Gasteiger partial charge in [0.15, 0.2) is 5.96 Å². The molecule has 0 amide bonds. The van der Waals surface area contributed by atoms with E-state index in [1.54, 1.807) is 4.88 Å². The molecular formula is C20H31N3OS. The van der Waals surface area contributed by atoms with Crippen LogP contribution in [-0.2, 0) is 10.2 Å². The molecule has 3 heterocycles. The number of guanidine groups is 1. The van der Waals surface area contributed by atoms with E-state index in [2.05, 4.69) is 32.7 Å². The Morgan fingerprint density at radius 3 is 2.84 bits per heavy atom. The van der Waals surface area contributed by atoms with Crippen LogP contribution < -0.4 is 5.32 Å². The van der Waals surface area contributed by atoms with Crippen molar-refractivity contribution in [3.8, 4) is 0 Å². The van der Waals surface area contributed by atoms with Crippen molar-refractivity contribution in [3.63, 3.8) is 0 Å². The van der Waals surface area contributed by atoms with Crippen molar-refractivity contribution in [2.45, 2.75) is 50.4 Å². The van der Waals surface area contributed by atoms with Crippen molar-refractivity contribution < 1.29 is 4.74 Å². The summed E-state index contributed by atoms with van der Waals surface area (Å²) in [6.07, 6.45) is 9.13. The van der Waals surface area contributed by atoms with Crippen LogP contribution in [-0.4, -0.2) is 50.8 Å². The molecule has 0 bridgehead atoms. The quantitative estimate of drug-likeness (QED) is 0.660. The number of nitrogens with zero attached hydrogens (tertiary/aromatic N) is 2. The number of thiophene rings is 1. The molecule has 2 aliphatic heterocycles. The first-order valence-electron chi connectivity index (χ1n) is 9.83. The van der Waals surface area contributed by atoms with Crippen LogP contribution in [0.1, 0.15) is 49.8 Å². The minimum absolute atomic E-state index is 0.302. The van der Waals surface area contributed by atoms with Crippen molar-refractivity contribution >= 4 is 17.3 Å². The van der Waals surface area contributed by atoms with E-state index >= 15 is 0 Å². The molecule has 1 N–H and O–H groups in total. The van der Waals surface area contributed by atoms with Gasteiger partial charge in [-0.05, 0) is 37.1 Å². The summed E-state index contributed by atoms with van der Waals surface area (Å²) >= 11 is 1.93. The van der Waals surface area contributed by atoms with Gasteiger partial charge in [-0.3, -0.25) is 4.99 Å². The molecule has 1 saturated carbocycles. The van der Waals surface area contributed by atoms with Crippen molar-refractivity contribution in [2.24, 2.45) is 10.4 Å². The minimum Gasteiger partial charge on any atom is -0.381 e. The van der Waals surface area contributed by atoms with E-state index in [1.165, 1.54) is 44.9 Å². The number of hydrogen-bond acceptors (Lipinski definition) is 3. The van der Waals surface area contributed by atoms with Crippen molar-refractivity contribution in [1.29, 1.82) is 0 Å². The fraction of sp³-hybridized carbons (Fsp3) is 0.750. The highest BCUT2D eigenvalue weighted by atomic mass is 32.1. The van der Waals surface area contributed by atoms with Gasteiger partial charge in [-0.15, -0.1) is 11.3 Å². The molecule has 25 heavy (non-hydrogen) atoms. The molecule has 138 valence electrons. The van der Waals surface area contributed by atoms with Gasteiger partial charge in [0, 0.05) is 49.0 Å². The maximum atomic E-state index is 5.68. The third-order valence-electron chi connectivity index (χ3n) is 6.57. The van der Waals surface area contributed by atoms with E-state index in [-0.39, 0.29) is 0 Å². The van der Waals surface area contributed by atoms with E-state index in [1.807, 2.05) is 18.4 Å². The highest BCUT2D eigenvalue weighted by Crippen LogP contribution is 2.41. The van der Waals surface area contributed by atoms with E-state index in [4.69, 9.17) is 4.74 Å². The first kappa shape index (κ1) is 17.3. The highest BCUT2D eigenvalue weighted by Gasteiger charge is 2.42. The van der Waals surface area contributed by atoms with E-state index in [0.717, 1.165) is 38.8 Å². The predicted octanol–water partition coefficient (Wildman–Crippen LogP) is 3.64. The molecule has 1 aliphatic carbocycles. The zero-order valence-electron chi connectivity index (χ0n) is 15.4. The predicted molar refractivity (Wildman–Crippen MR) is 105 cm³/mol. The zero-order chi connectivity index (χ0) is 17.2. The van der Waals surface area contributed by atoms with Gasteiger partial charge in [-0.2, -0.15) is 0 Å². The molecule has 4 nitrogen and oxygen atoms in total. The molecular weight excluding hydrogens is 330 g/mol. The molecule has 1 spiro atoms. The van der Waals surface area contributed by atoms with Gasteiger partial charge in [0.25, 0.3) is 0 Å². The molecule has 2 saturated heterocycles. The second-order valence-electron chi connectivity index (χ2n) is 8.19. The van der Waals surface area contributed by atoms with Gasteiger partial charge in [0.1, 0.15) is 0 Å². The van der Waals surface area contributed by atoms with E-state index in [9.17, 15) is 0 Å². The summed E-state index contributed by atoms with van der Waals surface area (Å²) in [7, 11) is 1.93. The van der Waals surface area contributed by atoms with Gasteiger partial charge in [-0.25, -0.2) is 0 Å². The largest absolute Gasteiger partial charge is 0.381 e. The van der Waals surface area contributed by atoms with Gasteiger partial charge >= 0.3 is 0 Å². The lowest BCUT2D eigenvalue weighted by atomic mass is 9.73. The van der Waals surface area contributed by atoms with Crippen LogP contribution in [0.5, 0.6) is 0 Å². The van der Waals surface area contributed by atoms with Crippen LogP contribution in [0.2, 0.25) is 0 Å². The topological polar surface area (TPSA) is 36.9 Å². The standard InChI is InChI=1S/C20H31N3OS/c1-21-18(23-11-9-19(15-23)10-12-24-16-19)22-14-20(7-3-2-4-8-20)17-6-5-13-25-17/h5-6,13H,2-4,7-12,14-16H2,1H3,(H,21,22). The zero-order valence-corrected chi connectivity index (χ0v) is 16.2. The fourth-order valence-corrected chi connectivity index (χ4v) is 5.97. The highest BCUT2D eigenvalue weighted by molar-refractivity contribution is 7.10. The van der Waals surface area contributed by atoms with Crippen LogP contribution in [0, 0.1) is 5.41 Å². The molecule has 0 aromatic carbocycles. The van der Waals surface area contributed by atoms with Gasteiger partial charge in [0.05, 0.1) is 6.61 Å². The summed E-state index contributed by atoms with van der Waals surface area (Å²) in [6.45, 7) is 5.08. The molecule has 1 aromatic rings. The summed E-state index contributed by atoms with van der Waals surface area (Å²) in [5, 5.41) is 5.99. The number of likely N-dealkylation sites (tertiary alicyclic amines) is 1. The Morgan fingerprint density at radius 2 is 2.16 bits per heavy atom. The van der Waals surface area contributed by atoms with Gasteiger partial charge in [-0.1, -0.05) is 25.3 Å². The Labute approximate surface area is 155 Å². The molecule has 0 radical (unpaired) electrons. The number of ether oxygens (including phenoxy) is 1. The maximum Gasteiger partial charge on any atom is 0.193 e. The Balaban J connectivity index is 1.43. The normalized spacial score (nSPS) is 29.5. The third kappa shape index (κ3) is 3.45. The summed E-state index contributed by atoms with van der Waals surface area (Å²) in [6, 6.07) is 4.54. The number of nitrogens with one attached hydrogen (secondary N) is 1. The van der Waals surface area contributed by atoms with Crippen LogP contribution in [0.4, 0.5) is 0 Å². The molecule has 3 fully saturated rings. The minimum atomic E-state index is 0.302. The lowest BCUT2D eigenvalue weighted by Gasteiger charge is -2.38. The average molecular weight is 362 g/mol.